The number of hydrogen-bond donors (Lipinski definition) is 2. The molecule has 0 atom stereocenters. The average molecular weight is 418 g/mol. The predicted molar refractivity (Wildman–Crippen MR) is 114 cm³/mol. The zero-order chi connectivity index (χ0) is 21.2. The van der Waals surface area contributed by atoms with Gasteiger partial charge in [-0.15, -0.1) is 0 Å². The van der Waals surface area contributed by atoms with Gasteiger partial charge in [0, 0.05) is 5.69 Å². The summed E-state index contributed by atoms with van der Waals surface area (Å²) in [7, 11) is 1.50. The highest BCUT2D eigenvalue weighted by molar-refractivity contribution is 6.39. The van der Waals surface area contributed by atoms with Crippen LogP contribution in [0.25, 0.3) is 0 Å². The molecule has 0 aliphatic heterocycles. The van der Waals surface area contributed by atoms with Crippen LogP contribution in [0.4, 0.5) is 5.69 Å². The molecular weight excluding hydrogens is 394 g/mol. The number of nitrogens with zero attached hydrogens (tertiary/aromatic N) is 1. The Morgan fingerprint density at radius 1 is 1.14 bits per heavy atom. The van der Waals surface area contributed by atoms with Crippen molar-refractivity contribution >= 4 is 35.3 Å². The lowest BCUT2D eigenvalue weighted by atomic mass is 10.1. The van der Waals surface area contributed by atoms with Gasteiger partial charge in [-0.2, -0.15) is 5.10 Å². The second-order valence-corrected chi connectivity index (χ2v) is 6.49. The van der Waals surface area contributed by atoms with Crippen LogP contribution in [0.1, 0.15) is 31.4 Å². The van der Waals surface area contributed by atoms with Crippen molar-refractivity contribution in [3.05, 3.63) is 52.5 Å². The van der Waals surface area contributed by atoms with Crippen molar-refractivity contribution in [2.45, 2.75) is 26.7 Å². The third kappa shape index (κ3) is 6.50. The monoisotopic (exact) mass is 417 g/mol. The number of hydrazone groups is 1. The van der Waals surface area contributed by atoms with Crippen LogP contribution in [0.15, 0.2) is 41.5 Å². The third-order valence-electron chi connectivity index (χ3n) is 3.91. The van der Waals surface area contributed by atoms with E-state index in [9.17, 15) is 9.59 Å². The maximum absolute atomic E-state index is 12.0. The van der Waals surface area contributed by atoms with Gasteiger partial charge in [-0.1, -0.05) is 37.6 Å². The van der Waals surface area contributed by atoms with E-state index >= 15 is 0 Å². The lowest BCUT2D eigenvalue weighted by Crippen LogP contribution is -2.32. The summed E-state index contributed by atoms with van der Waals surface area (Å²) in [5.74, 6) is -0.801. The van der Waals surface area contributed by atoms with Gasteiger partial charge in [0.05, 0.1) is 25.0 Å². The molecular formula is C21H24ClN3O4. The molecule has 2 N–H and O–H groups in total. The molecule has 29 heavy (non-hydrogen) atoms. The summed E-state index contributed by atoms with van der Waals surface area (Å²) < 4.78 is 10.9. The summed E-state index contributed by atoms with van der Waals surface area (Å²) in [4.78, 5) is 23.9. The minimum Gasteiger partial charge on any atom is -0.493 e. The Hall–Kier alpha value is -3.06. The second-order valence-electron chi connectivity index (χ2n) is 6.09. The first-order valence-corrected chi connectivity index (χ1v) is 9.59. The molecule has 7 nitrogen and oxygen atoms in total. The van der Waals surface area contributed by atoms with Crippen molar-refractivity contribution in [2.24, 2.45) is 5.10 Å². The number of anilines is 1. The molecule has 0 fully saturated rings. The third-order valence-corrected chi connectivity index (χ3v) is 4.19. The van der Waals surface area contributed by atoms with Gasteiger partial charge in [0.2, 0.25) is 0 Å². The zero-order valence-corrected chi connectivity index (χ0v) is 17.4. The highest BCUT2D eigenvalue weighted by atomic mass is 35.5. The number of carbonyl (C=O) groups is 2. The quantitative estimate of drug-likeness (QED) is 0.388. The number of halogens is 1. The Kier molecular flexibility index (Phi) is 8.48. The van der Waals surface area contributed by atoms with Crippen LogP contribution in [0.2, 0.25) is 5.02 Å². The smallest absolute Gasteiger partial charge is 0.329 e. The highest BCUT2D eigenvalue weighted by Crippen LogP contribution is 2.36. The Morgan fingerprint density at radius 3 is 2.48 bits per heavy atom. The van der Waals surface area contributed by atoms with Crippen LogP contribution in [0, 0.1) is 0 Å². The molecule has 0 aliphatic carbocycles. The van der Waals surface area contributed by atoms with Gasteiger partial charge in [-0.3, -0.25) is 9.59 Å². The molecule has 2 aromatic rings. The normalized spacial score (nSPS) is 10.6. The Labute approximate surface area is 175 Å². The van der Waals surface area contributed by atoms with Gasteiger partial charge in [0.25, 0.3) is 0 Å². The van der Waals surface area contributed by atoms with Crippen LogP contribution in [-0.4, -0.2) is 31.7 Å². The first kappa shape index (κ1) is 22.2. The van der Waals surface area contributed by atoms with Gasteiger partial charge < -0.3 is 14.8 Å². The maximum atomic E-state index is 12.0. The van der Waals surface area contributed by atoms with E-state index in [1.807, 2.05) is 26.0 Å². The lowest BCUT2D eigenvalue weighted by Gasteiger charge is -2.12. The van der Waals surface area contributed by atoms with E-state index in [2.05, 4.69) is 15.8 Å². The number of ether oxygens (including phenoxy) is 2. The summed E-state index contributed by atoms with van der Waals surface area (Å²) in [5, 5.41) is 6.67. The van der Waals surface area contributed by atoms with E-state index in [1.165, 1.54) is 13.3 Å². The van der Waals surface area contributed by atoms with Crippen molar-refractivity contribution in [1.29, 1.82) is 0 Å². The van der Waals surface area contributed by atoms with Crippen molar-refractivity contribution in [1.82, 2.24) is 5.43 Å². The fraction of sp³-hybridized carbons (Fsp3) is 0.286. The summed E-state index contributed by atoms with van der Waals surface area (Å²) in [5.41, 5.74) is 4.43. The Bertz CT molecular complexity index is 882. The number of rotatable bonds is 8. The van der Waals surface area contributed by atoms with Crippen LogP contribution >= 0.6 is 11.6 Å². The number of hydrogen-bond acceptors (Lipinski definition) is 5. The number of nitrogens with one attached hydrogen (secondary N) is 2. The van der Waals surface area contributed by atoms with E-state index in [4.69, 9.17) is 21.1 Å². The fourth-order valence-corrected chi connectivity index (χ4v) is 2.66. The summed E-state index contributed by atoms with van der Waals surface area (Å²) in [6.07, 6.45) is 3.09. The molecule has 8 heteroatoms. The van der Waals surface area contributed by atoms with E-state index in [1.54, 1.807) is 24.3 Å². The molecule has 2 aromatic carbocycles. The highest BCUT2D eigenvalue weighted by Gasteiger charge is 2.14. The van der Waals surface area contributed by atoms with Crippen molar-refractivity contribution in [3.63, 3.8) is 0 Å². The standard InChI is InChI=1S/C21H24ClN3O4/c1-4-10-29-19-17(22)11-15(12-18(19)28-3)13-23-25-21(27)20(26)24-16-8-6-14(5-2)7-9-16/h6-9,11-13H,4-5,10H2,1-3H3,(H,24,26)(H,25,27)/b23-13-. The molecule has 0 bridgehead atoms. The molecule has 0 radical (unpaired) electrons. The fourth-order valence-electron chi connectivity index (χ4n) is 2.39. The molecule has 0 unspecified atom stereocenters. The van der Waals surface area contributed by atoms with Crippen LogP contribution in [-0.2, 0) is 16.0 Å². The number of benzene rings is 2. The van der Waals surface area contributed by atoms with Gasteiger partial charge in [-0.25, -0.2) is 5.43 Å². The molecule has 2 amide bonds. The van der Waals surface area contributed by atoms with Gasteiger partial charge in [0.1, 0.15) is 0 Å². The first-order valence-electron chi connectivity index (χ1n) is 9.22. The zero-order valence-electron chi connectivity index (χ0n) is 16.6. The summed E-state index contributed by atoms with van der Waals surface area (Å²) >= 11 is 6.23. The molecule has 154 valence electrons. The minimum atomic E-state index is -0.887. The number of carbonyl (C=O) groups excluding carboxylic acids is 2. The largest absolute Gasteiger partial charge is 0.493 e. The molecule has 0 saturated carbocycles. The molecule has 0 spiro atoms. The summed E-state index contributed by atoms with van der Waals surface area (Å²) in [6.45, 7) is 4.53. The lowest BCUT2D eigenvalue weighted by molar-refractivity contribution is -0.136. The van der Waals surface area contributed by atoms with Gasteiger partial charge in [-0.05, 0) is 48.2 Å². The molecule has 2 rings (SSSR count). The Morgan fingerprint density at radius 2 is 1.86 bits per heavy atom. The predicted octanol–water partition coefficient (Wildman–Crippen LogP) is 3.79. The van der Waals surface area contributed by atoms with E-state index in [0.29, 0.717) is 34.4 Å². The SMILES string of the molecule is CCCOc1c(Cl)cc(/C=N\NC(=O)C(=O)Nc2ccc(CC)cc2)cc1OC. The maximum Gasteiger partial charge on any atom is 0.329 e. The van der Waals surface area contributed by atoms with Crippen LogP contribution in [0.3, 0.4) is 0 Å². The van der Waals surface area contributed by atoms with Crippen LogP contribution < -0.4 is 20.2 Å². The number of methoxy groups -OCH3 is 1. The van der Waals surface area contributed by atoms with Gasteiger partial charge in [0.15, 0.2) is 11.5 Å². The summed E-state index contributed by atoms with van der Waals surface area (Å²) in [6, 6.07) is 10.5. The van der Waals surface area contributed by atoms with Crippen molar-refractivity contribution in [3.8, 4) is 11.5 Å². The van der Waals surface area contributed by atoms with E-state index < -0.39 is 11.8 Å². The van der Waals surface area contributed by atoms with Gasteiger partial charge >= 0.3 is 11.8 Å². The van der Waals surface area contributed by atoms with E-state index in [0.717, 1.165) is 18.4 Å². The minimum absolute atomic E-state index is 0.360. The van der Waals surface area contributed by atoms with Crippen molar-refractivity contribution in [2.75, 3.05) is 19.0 Å². The molecule has 0 heterocycles. The van der Waals surface area contributed by atoms with E-state index in [-0.39, 0.29) is 0 Å². The number of aryl methyl sites for hydroxylation is 1. The first-order chi connectivity index (χ1) is 14.0. The number of amides is 2. The molecule has 0 saturated heterocycles. The second kappa shape index (κ2) is 11.1. The topological polar surface area (TPSA) is 89.0 Å². The average Bonchev–Trinajstić information content (AvgIpc) is 2.73. The van der Waals surface area contributed by atoms with Crippen LogP contribution in [0.5, 0.6) is 11.5 Å². The molecule has 0 aromatic heterocycles. The molecule has 0 aliphatic rings. The van der Waals surface area contributed by atoms with Crippen molar-refractivity contribution < 1.29 is 19.1 Å². The Balaban J connectivity index is 1.97.